The number of carboxylic acids is 1. The fourth-order valence-electron chi connectivity index (χ4n) is 0.378. The molecule has 0 aromatic heterocycles. The van der Waals surface area contributed by atoms with Gasteiger partial charge in [0.15, 0.2) is 0 Å². The lowest BCUT2D eigenvalue weighted by molar-refractivity contribution is -0.131. The van der Waals surface area contributed by atoms with Gasteiger partial charge in [-0.2, -0.15) is 0 Å². The Morgan fingerprint density at radius 1 is 1.67 bits per heavy atom. The van der Waals surface area contributed by atoms with Crippen LogP contribution < -0.4 is 0 Å². The second kappa shape index (κ2) is 3.83. The number of aliphatic carboxylic acids is 1. The Bertz CT molecular complexity index is 146. The van der Waals surface area contributed by atoms with E-state index in [9.17, 15) is 9.59 Å². The fourth-order valence-corrected chi connectivity index (χ4v) is 0.378. The molecule has 9 heavy (non-hydrogen) atoms. The zero-order chi connectivity index (χ0) is 7.28. The Balaban J connectivity index is 4.07. The lowest BCUT2D eigenvalue weighted by Gasteiger charge is -1.86. The van der Waals surface area contributed by atoms with E-state index in [-0.39, 0.29) is 0 Å². The smallest absolute Gasteiger partial charge is 0.328 e. The highest BCUT2D eigenvalue weighted by atomic mass is 16.4. The van der Waals surface area contributed by atoms with Gasteiger partial charge in [0.05, 0.1) is 0 Å². The van der Waals surface area contributed by atoms with E-state index >= 15 is 0 Å². The molecule has 0 saturated carbocycles. The number of rotatable bonds is 3. The van der Waals surface area contributed by atoms with E-state index in [4.69, 9.17) is 5.11 Å². The van der Waals surface area contributed by atoms with Crippen LogP contribution in [0.2, 0.25) is 0 Å². The minimum Gasteiger partial charge on any atom is -0.478 e. The molecular weight excluding hydrogens is 120 g/mol. The van der Waals surface area contributed by atoms with Crippen molar-refractivity contribution >= 4 is 12.3 Å². The Labute approximate surface area is 53.0 Å². The number of hydrogen-bond acceptors (Lipinski definition) is 2. The first-order valence-corrected chi connectivity index (χ1v) is 2.59. The SMILES string of the molecule is CC/C(C=O)=C\C(=O)O. The highest BCUT2D eigenvalue weighted by Crippen LogP contribution is 1.93. The molecule has 0 unspecified atom stereocenters. The van der Waals surface area contributed by atoms with Crippen LogP contribution in [0, 0.1) is 0 Å². The highest BCUT2D eigenvalue weighted by Gasteiger charge is 1.93. The van der Waals surface area contributed by atoms with Crippen molar-refractivity contribution in [3.8, 4) is 0 Å². The van der Waals surface area contributed by atoms with E-state index in [1.165, 1.54) is 0 Å². The van der Waals surface area contributed by atoms with Crippen LogP contribution in [-0.2, 0) is 9.59 Å². The number of carboxylic acid groups (broad SMARTS) is 1. The summed E-state index contributed by atoms with van der Waals surface area (Å²) < 4.78 is 0. The third-order valence-electron chi connectivity index (χ3n) is 0.868. The van der Waals surface area contributed by atoms with Gasteiger partial charge >= 0.3 is 5.97 Å². The van der Waals surface area contributed by atoms with Crippen LogP contribution in [0.5, 0.6) is 0 Å². The Morgan fingerprint density at radius 3 is 2.33 bits per heavy atom. The molecule has 1 N–H and O–H groups in total. The molecule has 0 fully saturated rings. The van der Waals surface area contributed by atoms with Crippen LogP contribution in [0.15, 0.2) is 11.6 Å². The van der Waals surface area contributed by atoms with Gasteiger partial charge in [-0.05, 0) is 12.0 Å². The summed E-state index contributed by atoms with van der Waals surface area (Å²) in [6.45, 7) is 1.73. The molecule has 0 rings (SSSR count). The average Bonchev–Trinajstić information content (AvgIpc) is 1.82. The van der Waals surface area contributed by atoms with Crippen LogP contribution in [0.1, 0.15) is 13.3 Å². The van der Waals surface area contributed by atoms with Crippen LogP contribution >= 0.6 is 0 Å². The summed E-state index contributed by atoms with van der Waals surface area (Å²) in [4.78, 5) is 19.8. The van der Waals surface area contributed by atoms with Crippen LogP contribution in [-0.4, -0.2) is 17.4 Å². The van der Waals surface area contributed by atoms with Gasteiger partial charge < -0.3 is 5.11 Å². The number of carbonyl (C=O) groups is 2. The summed E-state index contributed by atoms with van der Waals surface area (Å²) in [5, 5.41) is 8.11. The predicted octanol–water partition coefficient (Wildman–Crippen LogP) is 0.606. The van der Waals surface area contributed by atoms with Crippen molar-refractivity contribution in [2.45, 2.75) is 13.3 Å². The van der Waals surface area contributed by atoms with Gasteiger partial charge in [0.2, 0.25) is 0 Å². The largest absolute Gasteiger partial charge is 0.478 e. The highest BCUT2D eigenvalue weighted by molar-refractivity contribution is 5.88. The summed E-state index contributed by atoms with van der Waals surface area (Å²) in [5.41, 5.74) is 0.308. The van der Waals surface area contributed by atoms with E-state index in [1.54, 1.807) is 6.92 Å². The first-order valence-electron chi connectivity index (χ1n) is 2.59. The number of hydrogen-bond donors (Lipinski definition) is 1. The molecule has 0 atom stereocenters. The molecule has 50 valence electrons. The summed E-state index contributed by atoms with van der Waals surface area (Å²) in [7, 11) is 0. The summed E-state index contributed by atoms with van der Waals surface area (Å²) in [6.07, 6.45) is 1.93. The quantitative estimate of drug-likeness (QED) is 0.447. The molecular formula is C6H8O3. The maximum atomic E-state index is 9.94. The summed E-state index contributed by atoms with van der Waals surface area (Å²) in [5.74, 6) is -1.07. The third kappa shape index (κ3) is 3.46. The van der Waals surface area contributed by atoms with Crippen molar-refractivity contribution in [1.82, 2.24) is 0 Å². The molecule has 3 nitrogen and oxygen atoms in total. The van der Waals surface area contributed by atoms with E-state index in [0.717, 1.165) is 6.08 Å². The molecule has 0 bridgehead atoms. The molecule has 0 aliphatic rings. The van der Waals surface area contributed by atoms with Crippen molar-refractivity contribution < 1.29 is 14.7 Å². The fraction of sp³-hybridized carbons (Fsp3) is 0.333. The molecule has 0 saturated heterocycles. The maximum absolute atomic E-state index is 9.94. The van der Waals surface area contributed by atoms with Crippen molar-refractivity contribution in [3.63, 3.8) is 0 Å². The summed E-state index contributed by atoms with van der Waals surface area (Å²) >= 11 is 0. The van der Waals surface area contributed by atoms with Crippen molar-refractivity contribution in [2.75, 3.05) is 0 Å². The molecule has 0 aromatic rings. The lowest BCUT2D eigenvalue weighted by Crippen LogP contribution is -1.91. The van der Waals surface area contributed by atoms with Gasteiger partial charge in [0.25, 0.3) is 0 Å². The molecule has 0 heterocycles. The minimum absolute atomic E-state index is 0.308. The normalized spacial score (nSPS) is 11.0. The van der Waals surface area contributed by atoms with Crippen molar-refractivity contribution in [3.05, 3.63) is 11.6 Å². The zero-order valence-electron chi connectivity index (χ0n) is 5.13. The molecule has 0 aromatic carbocycles. The third-order valence-corrected chi connectivity index (χ3v) is 0.868. The molecule has 3 heteroatoms. The van der Waals surface area contributed by atoms with Crippen molar-refractivity contribution in [2.24, 2.45) is 0 Å². The molecule has 0 radical (unpaired) electrons. The number of aldehydes is 1. The first-order chi connectivity index (χ1) is 4.20. The maximum Gasteiger partial charge on any atom is 0.328 e. The van der Waals surface area contributed by atoms with Gasteiger partial charge in [-0.3, -0.25) is 4.79 Å². The average molecular weight is 128 g/mol. The van der Waals surface area contributed by atoms with Gasteiger partial charge in [-0.15, -0.1) is 0 Å². The standard InChI is InChI=1S/C6H8O3/c1-2-5(4-7)3-6(8)9/h3-4H,2H2,1H3,(H,8,9)/b5-3+. The van der Waals surface area contributed by atoms with Crippen molar-refractivity contribution in [1.29, 1.82) is 0 Å². The Kier molecular flexibility index (Phi) is 3.35. The predicted molar refractivity (Wildman–Crippen MR) is 32.1 cm³/mol. The Morgan fingerprint density at radius 2 is 2.22 bits per heavy atom. The second-order valence-corrected chi connectivity index (χ2v) is 1.53. The first kappa shape index (κ1) is 7.88. The topological polar surface area (TPSA) is 54.4 Å². The zero-order valence-corrected chi connectivity index (χ0v) is 5.13. The summed E-state index contributed by atoms with van der Waals surface area (Å²) in [6, 6.07) is 0. The van der Waals surface area contributed by atoms with Gasteiger partial charge in [-0.1, -0.05) is 6.92 Å². The van der Waals surface area contributed by atoms with Gasteiger partial charge in [0, 0.05) is 6.08 Å². The van der Waals surface area contributed by atoms with Crippen LogP contribution in [0.25, 0.3) is 0 Å². The van der Waals surface area contributed by atoms with E-state index in [0.29, 0.717) is 18.3 Å². The monoisotopic (exact) mass is 128 g/mol. The van der Waals surface area contributed by atoms with Crippen LogP contribution in [0.4, 0.5) is 0 Å². The van der Waals surface area contributed by atoms with E-state index < -0.39 is 5.97 Å². The lowest BCUT2D eigenvalue weighted by atomic mass is 10.2. The van der Waals surface area contributed by atoms with E-state index in [2.05, 4.69) is 0 Å². The second-order valence-electron chi connectivity index (χ2n) is 1.53. The molecule has 0 amide bonds. The minimum atomic E-state index is -1.07. The number of allylic oxidation sites excluding steroid dienone is 1. The Hall–Kier alpha value is -1.12. The van der Waals surface area contributed by atoms with Gasteiger partial charge in [-0.25, -0.2) is 4.79 Å². The number of carbonyl (C=O) groups excluding carboxylic acids is 1. The molecule has 0 aliphatic heterocycles. The molecule has 0 spiro atoms. The molecule has 0 aliphatic carbocycles. The van der Waals surface area contributed by atoms with E-state index in [1.807, 2.05) is 0 Å². The van der Waals surface area contributed by atoms with Gasteiger partial charge in [0.1, 0.15) is 6.29 Å². The van der Waals surface area contributed by atoms with Crippen LogP contribution in [0.3, 0.4) is 0 Å².